The molecule has 10 atom stereocenters. The Kier molecular flexibility index (Phi) is 10.8. The van der Waals surface area contributed by atoms with Crippen LogP contribution in [-0.4, -0.2) is 49.8 Å². The summed E-state index contributed by atoms with van der Waals surface area (Å²) in [7, 11) is 0. The summed E-state index contributed by atoms with van der Waals surface area (Å²) in [4.78, 5) is 37.4. The van der Waals surface area contributed by atoms with Gasteiger partial charge in [-0.3, -0.25) is 14.4 Å². The fourth-order valence-electron chi connectivity index (χ4n) is 9.95. The SMILES string of the molecule is CCCC(=O)O[C@@H]1CC2C[C@H](OC(=O)CCN)CCC2(C)C2CC[C@@]3(C)C(CCC3[C@H](C)CCC(=O)OCCN)C21. The number of carbonyl (C=O) groups excluding carboxylic acids is 3. The zero-order chi connectivity index (χ0) is 29.8. The molecule has 234 valence electrons. The Labute approximate surface area is 247 Å². The summed E-state index contributed by atoms with van der Waals surface area (Å²) >= 11 is 0. The lowest BCUT2D eigenvalue weighted by atomic mass is 9.43. The van der Waals surface area contributed by atoms with Gasteiger partial charge in [-0.25, -0.2) is 0 Å². The van der Waals surface area contributed by atoms with Crippen LogP contribution in [-0.2, 0) is 28.6 Å². The van der Waals surface area contributed by atoms with Crippen molar-refractivity contribution >= 4 is 17.9 Å². The first-order valence-corrected chi connectivity index (χ1v) is 16.5. The van der Waals surface area contributed by atoms with Crippen LogP contribution >= 0.6 is 0 Å². The topological polar surface area (TPSA) is 131 Å². The monoisotopic (exact) mass is 576 g/mol. The van der Waals surface area contributed by atoms with Gasteiger partial charge in [0.15, 0.2) is 0 Å². The molecule has 41 heavy (non-hydrogen) atoms. The maximum atomic E-state index is 12.9. The Morgan fingerprint density at radius 1 is 0.829 bits per heavy atom. The normalized spacial score (nSPS) is 38.6. The van der Waals surface area contributed by atoms with E-state index < -0.39 is 0 Å². The van der Waals surface area contributed by atoms with E-state index in [4.69, 9.17) is 25.7 Å². The first-order valence-electron chi connectivity index (χ1n) is 16.5. The van der Waals surface area contributed by atoms with Gasteiger partial charge in [0.05, 0.1) is 6.42 Å². The molecule has 4 rings (SSSR count). The molecule has 4 aliphatic rings. The van der Waals surface area contributed by atoms with E-state index in [2.05, 4.69) is 20.8 Å². The molecule has 4 aliphatic carbocycles. The van der Waals surface area contributed by atoms with Crippen molar-refractivity contribution in [3.05, 3.63) is 0 Å². The molecule has 4 saturated carbocycles. The van der Waals surface area contributed by atoms with Gasteiger partial charge in [0, 0.05) is 31.8 Å². The Balaban J connectivity index is 1.52. The molecule has 0 aliphatic heterocycles. The lowest BCUT2D eigenvalue weighted by molar-refractivity contribution is -0.198. The zero-order valence-corrected chi connectivity index (χ0v) is 26.0. The Hall–Kier alpha value is -1.67. The average Bonchev–Trinajstić information content (AvgIpc) is 3.28. The van der Waals surface area contributed by atoms with Crippen LogP contribution < -0.4 is 11.5 Å². The van der Waals surface area contributed by atoms with E-state index in [0.29, 0.717) is 61.4 Å². The third-order valence-electron chi connectivity index (χ3n) is 11.9. The molecule has 0 aromatic carbocycles. The second-order valence-electron chi connectivity index (χ2n) is 14.2. The molecule has 0 spiro atoms. The number of hydrogen-bond acceptors (Lipinski definition) is 8. The number of esters is 3. The van der Waals surface area contributed by atoms with Gasteiger partial charge < -0.3 is 25.7 Å². The predicted molar refractivity (Wildman–Crippen MR) is 157 cm³/mol. The van der Waals surface area contributed by atoms with Gasteiger partial charge in [-0.1, -0.05) is 27.7 Å². The van der Waals surface area contributed by atoms with E-state index in [9.17, 15) is 14.4 Å². The highest BCUT2D eigenvalue weighted by molar-refractivity contribution is 5.70. The summed E-state index contributed by atoms with van der Waals surface area (Å²) in [5.74, 6) is 2.29. The molecule has 6 unspecified atom stereocenters. The molecule has 0 aromatic rings. The minimum absolute atomic E-state index is 0.0715. The van der Waals surface area contributed by atoms with Gasteiger partial charge in [0.2, 0.25) is 0 Å². The number of fused-ring (bicyclic) bond motifs is 5. The number of ether oxygens (including phenoxy) is 3. The van der Waals surface area contributed by atoms with Crippen molar-refractivity contribution in [2.45, 2.75) is 123 Å². The van der Waals surface area contributed by atoms with E-state index in [1.54, 1.807) is 0 Å². The Morgan fingerprint density at radius 2 is 1.54 bits per heavy atom. The van der Waals surface area contributed by atoms with Gasteiger partial charge in [0.25, 0.3) is 0 Å². The highest BCUT2D eigenvalue weighted by Gasteiger charge is 2.64. The van der Waals surface area contributed by atoms with Crippen LogP contribution in [0.2, 0.25) is 0 Å². The van der Waals surface area contributed by atoms with Crippen LogP contribution in [0.15, 0.2) is 0 Å². The lowest BCUT2D eigenvalue weighted by Crippen LogP contribution is -2.59. The summed E-state index contributed by atoms with van der Waals surface area (Å²) in [6, 6.07) is 0. The van der Waals surface area contributed by atoms with Crippen LogP contribution in [0.4, 0.5) is 0 Å². The molecule has 0 aromatic heterocycles. The molecule has 4 N–H and O–H groups in total. The Morgan fingerprint density at radius 3 is 2.24 bits per heavy atom. The van der Waals surface area contributed by atoms with Crippen LogP contribution in [0.1, 0.15) is 111 Å². The van der Waals surface area contributed by atoms with E-state index in [-0.39, 0.29) is 54.0 Å². The number of hydrogen-bond donors (Lipinski definition) is 2. The molecular formula is C33H56N2O6. The smallest absolute Gasteiger partial charge is 0.307 e. The van der Waals surface area contributed by atoms with Gasteiger partial charge in [-0.05, 0) is 105 Å². The average molecular weight is 577 g/mol. The number of nitrogens with two attached hydrogens (primary N) is 2. The van der Waals surface area contributed by atoms with Crippen LogP contribution in [0.3, 0.4) is 0 Å². The highest BCUT2D eigenvalue weighted by Crippen LogP contribution is 2.69. The first-order chi connectivity index (χ1) is 19.6. The third kappa shape index (κ3) is 6.79. The molecule has 4 fully saturated rings. The number of rotatable bonds is 12. The van der Waals surface area contributed by atoms with E-state index >= 15 is 0 Å². The van der Waals surface area contributed by atoms with Crippen molar-refractivity contribution in [3.8, 4) is 0 Å². The minimum Gasteiger partial charge on any atom is -0.464 e. The highest BCUT2D eigenvalue weighted by atomic mass is 16.5. The number of carbonyl (C=O) groups is 3. The van der Waals surface area contributed by atoms with Gasteiger partial charge >= 0.3 is 17.9 Å². The summed E-state index contributed by atoms with van der Waals surface area (Å²) < 4.78 is 17.5. The molecule has 8 nitrogen and oxygen atoms in total. The summed E-state index contributed by atoms with van der Waals surface area (Å²) in [5, 5.41) is 0. The summed E-state index contributed by atoms with van der Waals surface area (Å²) in [6.07, 6.45) is 10.9. The maximum Gasteiger partial charge on any atom is 0.307 e. The van der Waals surface area contributed by atoms with Crippen LogP contribution in [0.5, 0.6) is 0 Å². The van der Waals surface area contributed by atoms with E-state index in [1.807, 2.05) is 6.92 Å². The minimum atomic E-state index is -0.201. The molecule has 0 radical (unpaired) electrons. The standard InChI is InChI=1S/C33H56N2O6/c1-5-6-29(37)41-27-20-22-19-23(40-30(38)13-16-34)11-14-32(22,3)26-12-15-33(4)24(8-9-25(33)31(26)27)21(2)7-10-28(36)39-18-17-35/h21-27,31H,5-20,34-35H2,1-4H3/t21-,22?,23-,24?,25?,26?,27-,31?,32?,33-/m1/s1. The predicted octanol–water partition coefficient (Wildman–Crippen LogP) is 5.15. The maximum absolute atomic E-state index is 12.9. The van der Waals surface area contributed by atoms with Gasteiger partial charge in [0.1, 0.15) is 18.8 Å². The first kappa shape index (κ1) is 32.2. The van der Waals surface area contributed by atoms with Gasteiger partial charge in [-0.15, -0.1) is 0 Å². The molecule has 0 amide bonds. The summed E-state index contributed by atoms with van der Waals surface area (Å²) in [6.45, 7) is 10.2. The molecule has 0 bridgehead atoms. The molecule has 0 saturated heterocycles. The fraction of sp³-hybridized carbons (Fsp3) is 0.909. The van der Waals surface area contributed by atoms with Crippen LogP contribution in [0.25, 0.3) is 0 Å². The van der Waals surface area contributed by atoms with Crippen molar-refractivity contribution in [2.24, 2.45) is 57.8 Å². The largest absolute Gasteiger partial charge is 0.464 e. The van der Waals surface area contributed by atoms with Gasteiger partial charge in [-0.2, -0.15) is 0 Å². The van der Waals surface area contributed by atoms with Crippen molar-refractivity contribution in [2.75, 3.05) is 19.7 Å². The summed E-state index contributed by atoms with van der Waals surface area (Å²) in [5.41, 5.74) is 11.4. The fourth-order valence-corrected chi connectivity index (χ4v) is 9.95. The van der Waals surface area contributed by atoms with Crippen molar-refractivity contribution in [1.29, 1.82) is 0 Å². The van der Waals surface area contributed by atoms with E-state index in [0.717, 1.165) is 51.4 Å². The third-order valence-corrected chi connectivity index (χ3v) is 11.9. The van der Waals surface area contributed by atoms with Crippen LogP contribution in [0, 0.1) is 46.3 Å². The second-order valence-corrected chi connectivity index (χ2v) is 14.2. The quantitative estimate of drug-likeness (QED) is 0.241. The molecule has 8 heteroatoms. The zero-order valence-electron chi connectivity index (χ0n) is 26.0. The van der Waals surface area contributed by atoms with Crippen molar-refractivity contribution in [3.63, 3.8) is 0 Å². The van der Waals surface area contributed by atoms with E-state index in [1.165, 1.54) is 12.8 Å². The second kappa shape index (κ2) is 13.7. The lowest BCUT2D eigenvalue weighted by Gasteiger charge is -2.62. The van der Waals surface area contributed by atoms with Crippen molar-refractivity contribution in [1.82, 2.24) is 0 Å². The van der Waals surface area contributed by atoms with Crippen molar-refractivity contribution < 1.29 is 28.6 Å². The molecule has 0 heterocycles. The Bertz CT molecular complexity index is 927. The molecular weight excluding hydrogens is 520 g/mol.